The molecule has 3 nitrogen and oxygen atoms in total. The number of hydrogen-bond donors (Lipinski definition) is 2. The Kier molecular flexibility index (Phi) is 10.7. The number of rotatable bonds is 12. The van der Waals surface area contributed by atoms with Crippen molar-refractivity contribution >= 4 is 5.91 Å². The van der Waals surface area contributed by atoms with Crippen LogP contribution in [0.1, 0.15) is 84.0 Å². The van der Waals surface area contributed by atoms with Gasteiger partial charge in [-0.15, -0.1) is 0 Å². The Morgan fingerprint density at radius 2 is 1.60 bits per heavy atom. The van der Waals surface area contributed by atoms with E-state index in [1.807, 2.05) is 0 Å². The third-order valence-corrected chi connectivity index (χ3v) is 4.23. The van der Waals surface area contributed by atoms with Gasteiger partial charge in [-0.05, 0) is 19.4 Å². The molecule has 0 aromatic carbocycles. The third kappa shape index (κ3) is 9.35. The second-order valence-electron chi connectivity index (χ2n) is 6.18. The molecular formula is C17H34N2O. The molecule has 1 aliphatic rings. The minimum atomic E-state index is 0.210. The summed E-state index contributed by atoms with van der Waals surface area (Å²) in [6, 6.07) is 0.506. The van der Waals surface area contributed by atoms with Gasteiger partial charge in [0.15, 0.2) is 0 Å². The summed E-state index contributed by atoms with van der Waals surface area (Å²) in [6.45, 7) is 4.20. The van der Waals surface area contributed by atoms with Crippen LogP contribution in [0.3, 0.4) is 0 Å². The van der Waals surface area contributed by atoms with E-state index >= 15 is 0 Å². The SMILES string of the molecule is CCCCCCCCCCCCNC1CCC(=O)NC1. The van der Waals surface area contributed by atoms with Crippen LogP contribution in [-0.4, -0.2) is 25.0 Å². The third-order valence-electron chi connectivity index (χ3n) is 4.23. The van der Waals surface area contributed by atoms with Crippen LogP contribution in [0.2, 0.25) is 0 Å². The van der Waals surface area contributed by atoms with Crippen LogP contribution in [0.4, 0.5) is 0 Å². The van der Waals surface area contributed by atoms with Gasteiger partial charge < -0.3 is 10.6 Å². The highest BCUT2D eigenvalue weighted by Crippen LogP contribution is 2.10. The zero-order valence-electron chi connectivity index (χ0n) is 13.4. The maximum absolute atomic E-state index is 11.0. The van der Waals surface area contributed by atoms with Crippen LogP contribution in [0.5, 0.6) is 0 Å². The van der Waals surface area contributed by atoms with Crippen LogP contribution in [-0.2, 0) is 4.79 Å². The van der Waals surface area contributed by atoms with Crippen LogP contribution in [0.15, 0.2) is 0 Å². The van der Waals surface area contributed by atoms with E-state index in [-0.39, 0.29) is 5.91 Å². The van der Waals surface area contributed by atoms with Crippen molar-refractivity contribution in [3.8, 4) is 0 Å². The number of carbonyl (C=O) groups excluding carboxylic acids is 1. The zero-order chi connectivity index (χ0) is 14.5. The second-order valence-corrected chi connectivity index (χ2v) is 6.18. The molecule has 1 atom stereocenters. The van der Waals surface area contributed by atoms with Crippen LogP contribution < -0.4 is 10.6 Å². The molecule has 20 heavy (non-hydrogen) atoms. The van der Waals surface area contributed by atoms with Crippen LogP contribution >= 0.6 is 0 Å². The van der Waals surface area contributed by atoms with Crippen molar-refractivity contribution in [2.75, 3.05) is 13.1 Å². The smallest absolute Gasteiger partial charge is 0.220 e. The van der Waals surface area contributed by atoms with Crippen LogP contribution in [0, 0.1) is 0 Å². The lowest BCUT2D eigenvalue weighted by Gasteiger charge is -2.23. The van der Waals surface area contributed by atoms with E-state index in [9.17, 15) is 4.79 Å². The normalized spacial score (nSPS) is 19.1. The highest BCUT2D eigenvalue weighted by molar-refractivity contribution is 5.76. The molecule has 0 aromatic rings. The molecule has 1 fully saturated rings. The van der Waals surface area contributed by atoms with Crippen molar-refractivity contribution in [3.05, 3.63) is 0 Å². The lowest BCUT2D eigenvalue weighted by molar-refractivity contribution is -0.122. The summed E-state index contributed by atoms with van der Waals surface area (Å²) in [5.41, 5.74) is 0. The van der Waals surface area contributed by atoms with Crippen molar-refractivity contribution in [2.24, 2.45) is 0 Å². The van der Waals surface area contributed by atoms with Crippen molar-refractivity contribution in [1.29, 1.82) is 0 Å². The fourth-order valence-electron chi connectivity index (χ4n) is 2.83. The average molecular weight is 282 g/mol. The summed E-state index contributed by atoms with van der Waals surface area (Å²) in [5, 5.41) is 6.47. The molecule has 118 valence electrons. The molecule has 1 rings (SSSR count). The first-order valence-corrected chi connectivity index (χ1v) is 8.83. The highest BCUT2D eigenvalue weighted by atomic mass is 16.1. The molecule has 1 saturated heterocycles. The van der Waals surface area contributed by atoms with Gasteiger partial charge in [-0.25, -0.2) is 0 Å². The summed E-state index contributed by atoms with van der Waals surface area (Å²) in [5.74, 6) is 0.210. The number of nitrogens with one attached hydrogen (secondary N) is 2. The molecule has 0 radical (unpaired) electrons. The first-order valence-electron chi connectivity index (χ1n) is 8.83. The van der Waals surface area contributed by atoms with E-state index < -0.39 is 0 Å². The van der Waals surface area contributed by atoms with E-state index in [0.717, 1.165) is 19.5 Å². The van der Waals surface area contributed by atoms with Crippen LogP contribution in [0.25, 0.3) is 0 Å². The monoisotopic (exact) mass is 282 g/mol. The Labute approximate surface area is 125 Å². The number of hydrogen-bond acceptors (Lipinski definition) is 2. The molecule has 1 aliphatic heterocycles. The predicted molar refractivity (Wildman–Crippen MR) is 85.9 cm³/mol. The van der Waals surface area contributed by atoms with Gasteiger partial charge >= 0.3 is 0 Å². The molecule has 0 aliphatic carbocycles. The van der Waals surface area contributed by atoms with Gasteiger partial charge in [0.25, 0.3) is 0 Å². The highest BCUT2D eigenvalue weighted by Gasteiger charge is 2.16. The second kappa shape index (κ2) is 12.2. The number of piperidine rings is 1. The van der Waals surface area contributed by atoms with Crippen molar-refractivity contribution in [2.45, 2.75) is 90.0 Å². The minimum absolute atomic E-state index is 0.210. The molecule has 0 saturated carbocycles. The molecule has 1 amide bonds. The maximum Gasteiger partial charge on any atom is 0.220 e. The van der Waals surface area contributed by atoms with E-state index in [4.69, 9.17) is 0 Å². The minimum Gasteiger partial charge on any atom is -0.355 e. The van der Waals surface area contributed by atoms with E-state index in [0.29, 0.717) is 12.5 Å². The molecule has 2 N–H and O–H groups in total. The van der Waals surface area contributed by atoms with E-state index in [2.05, 4.69) is 17.6 Å². The molecule has 3 heteroatoms. The standard InChI is InChI=1S/C17H34N2O/c1-2-3-4-5-6-7-8-9-10-11-14-18-16-12-13-17(20)19-15-16/h16,18H,2-15H2,1H3,(H,19,20). The first kappa shape index (κ1) is 17.5. The van der Waals surface area contributed by atoms with Gasteiger partial charge in [0.05, 0.1) is 0 Å². The summed E-state index contributed by atoms with van der Waals surface area (Å²) < 4.78 is 0. The Bertz CT molecular complexity index is 233. The summed E-state index contributed by atoms with van der Waals surface area (Å²) in [4.78, 5) is 11.0. The van der Waals surface area contributed by atoms with Gasteiger partial charge in [-0.2, -0.15) is 0 Å². The van der Waals surface area contributed by atoms with E-state index in [1.165, 1.54) is 64.2 Å². The van der Waals surface area contributed by atoms with Gasteiger partial charge in [0, 0.05) is 19.0 Å². The predicted octanol–water partition coefficient (Wildman–Crippen LogP) is 3.78. The Hall–Kier alpha value is -0.570. The quantitative estimate of drug-likeness (QED) is 0.535. The molecule has 0 bridgehead atoms. The molecule has 1 heterocycles. The fraction of sp³-hybridized carbons (Fsp3) is 0.941. The average Bonchev–Trinajstić information content (AvgIpc) is 2.47. The molecule has 0 aromatic heterocycles. The zero-order valence-corrected chi connectivity index (χ0v) is 13.4. The first-order chi connectivity index (χ1) is 9.83. The number of unbranched alkanes of at least 4 members (excludes halogenated alkanes) is 9. The maximum atomic E-state index is 11.0. The van der Waals surface area contributed by atoms with Gasteiger partial charge in [0.1, 0.15) is 0 Å². The molecule has 1 unspecified atom stereocenters. The summed E-state index contributed by atoms with van der Waals surface area (Å²) in [7, 11) is 0. The summed E-state index contributed by atoms with van der Waals surface area (Å²) in [6.07, 6.45) is 15.6. The Morgan fingerprint density at radius 3 is 2.15 bits per heavy atom. The fourth-order valence-corrected chi connectivity index (χ4v) is 2.83. The van der Waals surface area contributed by atoms with Gasteiger partial charge in [-0.3, -0.25) is 4.79 Å². The largest absolute Gasteiger partial charge is 0.355 e. The summed E-state index contributed by atoms with van der Waals surface area (Å²) >= 11 is 0. The number of amides is 1. The van der Waals surface area contributed by atoms with Crippen molar-refractivity contribution in [1.82, 2.24) is 10.6 Å². The lowest BCUT2D eigenvalue weighted by Crippen LogP contribution is -2.45. The molecular weight excluding hydrogens is 248 g/mol. The number of carbonyl (C=O) groups is 1. The topological polar surface area (TPSA) is 41.1 Å². The molecule has 0 spiro atoms. The van der Waals surface area contributed by atoms with E-state index in [1.54, 1.807) is 0 Å². The Balaban J connectivity index is 1.75. The lowest BCUT2D eigenvalue weighted by atomic mass is 10.1. The van der Waals surface area contributed by atoms with Gasteiger partial charge in [0.2, 0.25) is 5.91 Å². The van der Waals surface area contributed by atoms with Crippen molar-refractivity contribution < 1.29 is 4.79 Å². The van der Waals surface area contributed by atoms with Crippen molar-refractivity contribution in [3.63, 3.8) is 0 Å². The van der Waals surface area contributed by atoms with Gasteiger partial charge in [-0.1, -0.05) is 64.7 Å². The Morgan fingerprint density at radius 1 is 1.00 bits per heavy atom.